The molecule has 0 aliphatic heterocycles. The number of pyridine rings is 1. The Labute approximate surface area is 160 Å². The second kappa shape index (κ2) is 7.46. The Hall–Kier alpha value is -3.16. The van der Waals surface area contributed by atoms with Crippen LogP contribution in [0.25, 0.3) is 11.2 Å². The van der Waals surface area contributed by atoms with Gasteiger partial charge in [-0.1, -0.05) is 13.0 Å². The fraction of sp³-hybridized carbons (Fsp3) is 0.350. The Morgan fingerprint density at radius 3 is 2.96 bits per heavy atom. The van der Waals surface area contributed by atoms with Crippen LogP contribution < -0.4 is 5.56 Å². The van der Waals surface area contributed by atoms with E-state index in [4.69, 9.17) is 0 Å². The number of hydrogen-bond donors (Lipinski definition) is 0. The molecule has 3 heterocycles. The summed E-state index contributed by atoms with van der Waals surface area (Å²) >= 11 is 0. The van der Waals surface area contributed by atoms with Crippen molar-refractivity contribution in [3.8, 4) is 0 Å². The zero-order chi connectivity index (χ0) is 19.7. The summed E-state index contributed by atoms with van der Waals surface area (Å²) in [5, 5.41) is 8.22. The van der Waals surface area contributed by atoms with Crippen molar-refractivity contribution in [2.24, 2.45) is 5.92 Å². The summed E-state index contributed by atoms with van der Waals surface area (Å²) in [5.41, 5.74) is 1.76. The molecule has 144 valence electrons. The van der Waals surface area contributed by atoms with E-state index in [9.17, 15) is 14.0 Å². The standard InChI is InChI=1S/C20H20FN5O2/c1-13-2-4-14(5-3-13)17-6-7-18(28)26(24-17)11-16(27)10-15-8-9-25-20(19(15)21)22-12-23-25/h4,6-9,12-13H,2-3,5,10-11H2,1H3. The highest BCUT2D eigenvalue weighted by Crippen LogP contribution is 2.28. The first-order valence-electron chi connectivity index (χ1n) is 9.27. The van der Waals surface area contributed by atoms with Gasteiger partial charge in [0.15, 0.2) is 17.2 Å². The SMILES string of the molecule is CC1CC=C(c2ccc(=O)n(CC(=O)Cc3ccn4ncnc4c3F)n2)CC1. The smallest absolute Gasteiger partial charge is 0.267 e. The molecule has 28 heavy (non-hydrogen) atoms. The third-order valence-corrected chi connectivity index (χ3v) is 5.05. The average Bonchev–Trinajstić information content (AvgIpc) is 3.16. The van der Waals surface area contributed by atoms with E-state index in [0.717, 1.165) is 35.2 Å². The lowest BCUT2D eigenvalue weighted by molar-refractivity contribution is -0.119. The van der Waals surface area contributed by atoms with Crippen molar-refractivity contribution in [3.63, 3.8) is 0 Å². The Morgan fingerprint density at radius 1 is 1.32 bits per heavy atom. The average molecular weight is 381 g/mol. The van der Waals surface area contributed by atoms with E-state index in [1.165, 1.54) is 23.0 Å². The first kappa shape index (κ1) is 18.2. The summed E-state index contributed by atoms with van der Waals surface area (Å²) in [4.78, 5) is 28.4. The van der Waals surface area contributed by atoms with E-state index in [2.05, 4.69) is 28.2 Å². The Kier molecular flexibility index (Phi) is 4.85. The normalized spacial score (nSPS) is 16.9. The molecule has 4 rings (SSSR count). The quantitative estimate of drug-likeness (QED) is 0.678. The number of hydrogen-bond acceptors (Lipinski definition) is 5. The predicted molar refractivity (Wildman–Crippen MR) is 101 cm³/mol. The van der Waals surface area contributed by atoms with E-state index < -0.39 is 5.82 Å². The van der Waals surface area contributed by atoms with Gasteiger partial charge in [0.25, 0.3) is 5.56 Å². The van der Waals surface area contributed by atoms with Gasteiger partial charge >= 0.3 is 0 Å². The molecule has 0 fully saturated rings. The van der Waals surface area contributed by atoms with Gasteiger partial charge in [0.05, 0.1) is 5.69 Å². The van der Waals surface area contributed by atoms with E-state index in [0.29, 0.717) is 5.92 Å². The second-order valence-corrected chi connectivity index (χ2v) is 7.22. The van der Waals surface area contributed by atoms with Crippen LogP contribution in [0.3, 0.4) is 0 Å². The van der Waals surface area contributed by atoms with Gasteiger partial charge in [-0.3, -0.25) is 9.59 Å². The first-order valence-corrected chi connectivity index (χ1v) is 9.27. The summed E-state index contributed by atoms with van der Waals surface area (Å²) < 4.78 is 16.9. The highest BCUT2D eigenvalue weighted by Gasteiger charge is 2.16. The van der Waals surface area contributed by atoms with Crippen LogP contribution in [-0.4, -0.2) is 30.2 Å². The molecule has 1 aliphatic carbocycles. The monoisotopic (exact) mass is 381 g/mol. The van der Waals surface area contributed by atoms with E-state index >= 15 is 0 Å². The molecule has 0 saturated heterocycles. The Bertz CT molecular complexity index is 1130. The predicted octanol–water partition coefficient (Wildman–Crippen LogP) is 2.44. The summed E-state index contributed by atoms with van der Waals surface area (Å²) in [6, 6.07) is 4.62. The van der Waals surface area contributed by atoms with E-state index in [1.807, 2.05) is 0 Å². The Morgan fingerprint density at radius 2 is 2.18 bits per heavy atom. The summed E-state index contributed by atoms with van der Waals surface area (Å²) in [7, 11) is 0. The molecular weight excluding hydrogens is 361 g/mol. The van der Waals surface area contributed by atoms with Gasteiger partial charge in [-0.25, -0.2) is 18.6 Å². The van der Waals surface area contributed by atoms with Crippen molar-refractivity contribution in [2.45, 2.75) is 39.2 Å². The summed E-state index contributed by atoms with van der Waals surface area (Å²) in [6.45, 7) is 2.00. The van der Waals surface area contributed by atoms with E-state index in [1.54, 1.807) is 12.3 Å². The molecular formula is C20H20FN5O2. The maximum atomic E-state index is 14.5. The third-order valence-electron chi connectivity index (χ3n) is 5.05. The highest BCUT2D eigenvalue weighted by molar-refractivity contribution is 5.81. The molecule has 0 N–H and O–H groups in total. The number of carbonyl (C=O) groups excluding carboxylic acids is 1. The molecule has 1 unspecified atom stereocenters. The Balaban J connectivity index is 1.53. The molecule has 0 saturated carbocycles. The molecule has 0 aromatic carbocycles. The molecule has 3 aromatic heterocycles. The van der Waals surface area contributed by atoms with Crippen molar-refractivity contribution in [1.29, 1.82) is 0 Å². The summed E-state index contributed by atoms with van der Waals surface area (Å²) in [5.74, 6) is -0.238. The number of carbonyl (C=O) groups is 1. The van der Waals surface area contributed by atoms with Gasteiger partial charge in [0.1, 0.15) is 12.9 Å². The molecule has 3 aromatic rings. The second-order valence-electron chi connectivity index (χ2n) is 7.22. The number of fused-ring (bicyclic) bond motifs is 1. The van der Waals surface area contributed by atoms with Gasteiger partial charge in [-0.15, -0.1) is 0 Å². The minimum atomic E-state index is -0.580. The number of ketones is 1. The molecule has 0 amide bonds. The lowest BCUT2D eigenvalue weighted by Crippen LogP contribution is -2.27. The minimum absolute atomic E-state index is 0.0704. The van der Waals surface area contributed by atoms with Crippen LogP contribution in [-0.2, 0) is 17.8 Å². The van der Waals surface area contributed by atoms with Crippen LogP contribution in [0.1, 0.15) is 37.4 Å². The topological polar surface area (TPSA) is 82.2 Å². The number of allylic oxidation sites excluding steroid dienone is 2. The number of nitrogens with zero attached hydrogens (tertiary/aromatic N) is 5. The first-order chi connectivity index (χ1) is 13.5. The summed E-state index contributed by atoms with van der Waals surface area (Å²) in [6.07, 6.45) is 7.78. The zero-order valence-electron chi connectivity index (χ0n) is 15.5. The number of halogens is 1. The van der Waals surface area contributed by atoms with Crippen LogP contribution in [0, 0.1) is 11.7 Å². The molecule has 1 atom stereocenters. The van der Waals surface area contributed by atoms with Crippen molar-refractivity contribution >= 4 is 17.0 Å². The number of rotatable bonds is 5. The van der Waals surface area contributed by atoms with Crippen molar-refractivity contribution in [2.75, 3.05) is 0 Å². The molecule has 8 heteroatoms. The van der Waals surface area contributed by atoms with Crippen LogP contribution in [0.2, 0.25) is 0 Å². The van der Waals surface area contributed by atoms with Crippen LogP contribution >= 0.6 is 0 Å². The van der Waals surface area contributed by atoms with Crippen LogP contribution in [0.5, 0.6) is 0 Å². The van der Waals surface area contributed by atoms with Crippen molar-refractivity contribution in [3.05, 3.63) is 64.2 Å². The maximum Gasteiger partial charge on any atom is 0.267 e. The molecule has 1 aliphatic rings. The van der Waals surface area contributed by atoms with Gasteiger partial charge in [-0.05, 0) is 42.9 Å². The van der Waals surface area contributed by atoms with Crippen LogP contribution in [0.4, 0.5) is 4.39 Å². The molecule has 0 spiro atoms. The molecule has 0 radical (unpaired) electrons. The zero-order valence-corrected chi connectivity index (χ0v) is 15.5. The van der Waals surface area contributed by atoms with Crippen molar-refractivity contribution in [1.82, 2.24) is 24.4 Å². The van der Waals surface area contributed by atoms with Crippen molar-refractivity contribution < 1.29 is 9.18 Å². The number of aromatic nitrogens is 5. The van der Waals surface area contributed by atoms with Crippen LogP contribution in [0.15, 0.2) is 41.6 Å². The van der Waals surface area contributed by atoms with Gasteiger partial charge in [0, 0.05) is 24.2 Å². The fourth-order valence-corrected chi connectivity index (χ4v) is 3.40. The fourth-order valence-electron chi connectivity index (χ4n) is 3.40. The van der Waals surface area contributed by atoms with Gasteiger partial charge < -0.3 is 0 Å². The molecule has 7 nitrogen and oxygen atoms in total. The van der Waals surface area contributed by atoms with Gasteiger partial charge in [-0.2, -0.15) is 10.2 Å². The minimum Gasteiger partial charge on any atom is -0.297 e. The lowest BCUT2D eigenvalue weighted by atomic mass is 9.90. The van der Waals surface area contributed by atoms with Gasteiger partial charge in [0.2, 0.25) is 0 Å². The molecule has 0 bridgehead atoms. The lowest BCUT2D eigenvalue weighted by Gasteiger charge is -2.18. The number of Topliss-reactive ketones (excluding diaryl/α,β-unsaturated/α-hetero) is 1. The third kappa shape index (κ3) is 3.62. The largest absolute Gasteiger partial charge is 0.297 e. The maximum absolute atomic E-state index is 14.5. The highest BCUT2D eigenvalue weighted by atomic mass is 19.1. The van der Waals surface area contributed by atoms with E-state index in [-0.39, 0.29) is 35.5 Å².